The van der Waals surface area contributed by atoms with E-state index in [4.69, 9.17) is 9.47 Å². The van der Waals surface area contributed by atoms with Crippen LogP contribution in [0.2, 0.25) is 0 Å². The van der Waals surface area contributed by atoms with Crippen LogP contribution < -0.4 is 15.4 Å². The van der Waals surface area contributed by atoms with Gasteiger partial charge in [-0.05, 0) is 40.0 Å². The molecule has 1 aliphatic rings. The van der Waals surface area contributed by atoms with E-state index in [1.807, 2.05) is 20.8 Å². The zero-order valence-electron chi connectivity index (χ0n) is 13.3. The highest BCUT2D eigenvalue weighted by Crippen LogP contribution is 2.34. The Kier molecular flexibility index (Phi) is 5.17. The lowest BCUT2D eigenvalue weighted by molar-refractivity contribution is -0.0602. The molecule has 0 amide bonds. The molecule has 0 unspecified atom stereocenters. The number of methoxy groups -OCH3 is 1. The molecule has 7 nitrogen and oxygen atoms in total. The molecule has 0 aliphatic heterocycles. The molecule has 1 heterocycles. The van der Waals surface area contributed by atoms with Crippen molar-refractivity contribution in [2.75, 3.05) is 30.8 Å². The van der Waals surface area contributed by atoms with Gasteiger partial charge < -0.3 is 20.1 Å². The lowest BCUT2D eigenvalue weighted by Crippen LogP contribution is -2.45. The summed E-state index contributed by atoms with van der Waals surface area (Å²) in [4.78, 5) is 12.9. The third kappa shape index (κ3) is 4.17. The summed E-state index contributed by atoms with van der Waals surface area (Å²) in [6.07, 6.45) is 3.36. The molecular formula is C14H25N5O2. The highest BCUT2D eigenvalue weighted by Gasteiger charge is 2.36. The SMILES string of the molecule is CCNc1nc(NCC2(OC)CCC2)nc(OC(C)C)n1. The summed E-state index contributed by atoms with van der Waals surface area (Å²) in [5.41, 5.74) is -0.0793. The molecule has 0 bridgehead atoms. The van der Waals surface area contributed by atoms with E-state index in [0.29, 0.717) is 24.5 Å². The van der Waals surface area contributed by atoms with Crippen LogP contribution in [0.15, 0.2) is 0 Å². The van der Waals surface area contributed by atoms with Crippen LogP contribution in [0.1, 0.15) is 40.0 Å². The number of rotatable bonds is 8. The van der Waals surface area contributed by atoms with Crippen molar-refractivity contribution in [2.45, 2.75) is 51.7 Å². The fourth-order valence-corrected chi connectivity index (χ4v) is 2.20. The van der Waals surface area contributed by atoms with Gasteiger partial charge in [0.05, 0.1) is 11.7 Å². The molecule has 0 aromatic carbocycles. The molecule has 1 aromatic rings. The standard InChI is InChI=1S/C14H25N5O2/c1-5-15-11-17-12(19-13(18-11)21-10(2)3)16-9-14(20-4)7-6-8-14/h10H,5-9H2,1-4H3,(H2,15,16,17,18,19). The Morgan fingerprint density at radius 3 is 2.29 bits per heavy atom. The molecule has 21 heavy (non-hydrogen) atoms. The zero-order valence-corrected chi connectivity index (χ0v) is 13.3. The minimum absolute atomic E-state index is 0.0201. The quantitative estimate of drug-likeness (QED) is 0.759. The van der Waals surface area contributed by atoms with Gasteiger partial charge in [0, 0.05) is 20.2 Å². The molecule has 1 saturated carbocycles. The minimum Gasteiger partial charge on any atom is -0.461 e. The Labute approximate surface area is 125 Å². The highest BCUT2D eigenvalue weighted by molar-refractivity contribution is 5.36. The van der Waals surface area contributed by atoms with E-state index in [-0.39, 0.29) is 11.7 Å². The van der Waals surface area contributed by atoms with E-state index in [2.05, 4.69) is 25.6 Å². The molecule has 0 atom stereocenters. The summed E-state index contributed by atoms with van der Waals surface area (Å²) < 4.78 is 11.2. The number of anilines is 2. The molecule has 1 aliphatic carbocycles. The van der Waals surface area contributed by atoms with E-state index in [0.717, 1.165) is 19.4 Å². The van der Waals surface area contributed by atoms with Crippen LogP contribution in [0.25, 0.3) is 0 Å². The van der Waals surface area contributed by atoms with Gasteiger partial charge in [-0.1, -0.05) is 0 Å². The maximum absolute atomic E-state index is 5.59. The summed E-state index contributed by atoms with van der Waals surface area (Å²) in [7, 11) is 1.76. The second-order valence-electron chi connectivity index (χ2n) is 5.56. The Hall–Kier alpha value is -1.63. The van der Waals surface area contributed by atoms with Crippen molar-refractivity contribution in [1.82, 2.24) is 15.0 Å². The van der Waals surface area contributed by atoms with Gasteiger partial charge in [-0.3, -0.25) is 0 Å². The molecule has 0 radical (unpaired) electrons. The van der Waals surface area contributed by atoms with E-state index < -0.39 is 0 Å². The van der Waals surface area contributed by atoms with Crippen molar-refractivity contribution in [3.63, 3.8) is 0 Å². The summed E-state index contributed by atoms with van der Waals surface area (Å²) in [6.45, 7) is 7.32. The van der Waals surface area contributed by atoms with Crippen molar-refractivity contribution in [3.05, 3.63) is 0 Å². The molecule has 1 fully saturated rings. The van der Waals surface area contributed by atoms with E-state index >= 15 is 0 Å². The zero-order chi connectivity index (χ0) is 15.3. The largest absolute Gasteiger partial charge is 0.461 e. The monoisotopic (exact) mass is 295 g/mol. The van der Waals surface area contributed by atoms with Crippen LogP contribution in [0.5, 0.6) is 6.01 Å². The number of aromatic nitrogens is 3. The molecular weight excluding hydrogens is 270 g/mol. The summed E-state index contributed by atoms with van der Waals surface area (Å²) in [6, 6.07) is 0.332. The van der Waals surface area contributed by atoms with Crippen molar-refractivity contribution in [2.24, 2.45) is 0 Å². The Bertz CT molecular complexity index is 457. The van der Waals surface area contributed by atoms with Crippen LogP contribution in [0.4, 0.5) is 11.9 Å². The summed E-state index contributed by atoms with van der Waals surface area (Å²) >= 11 is 0. The van der Waals surface area contributed by atoms with Crippen LogP contribution in [0.3, 0.4) is 0 Å². The van der Waals surface area contributed by atoms with Crippen molar-refractivity contribution < 1.29 is 9.47 Å². The third-order valence-electron chi connectivity index (χ3n) is 3.56. The number of nitrogens with one attached hydrogen (secondary N) is 2. The molecule has 0 saturated heterocycles. The van der Waals surface area contributed by atoms with Gasteiger partial charge in [-0.2, -0.15) is 15.0 Å². The van der Waals surface area contributed by atoms with E-state index in [9.17, 15) is 0 Å². The first-order chi connectivity index (χ1) is 10.1. The lowest BCUT2D eigenvalue weighted by Gasteiger charge is -2.40. The second kappa shape index (κ2) is 6.89. The predicted molar refractivity (Wildman–Crippen MR) is 81.8 cm³/mol. The summed E-state index contributed by atoms with van der Waals surface area (Å²) in [5.74, 6) is 1.03. The normalized spacial score (nSPS) is 16.4. The van der Waals surface area contributed by atoms with Gasteiger partial charge in [-0.15, -0.1) is 0 Å². The van der Waals surface area contributed by atoms with Gasteiger partial charge >= 0.3 is 6.01 Å². The summed E-state index contributed by atoms with van der Waals surface area (Å²) in [5, 5.41) is 6.33. The molecule has 1 aromatic heterocycles. The lowest BCUT2D eigenvalue weighted by atomic mass is 9.80. The minimum atomic E-state index is -0.0793. The fourth-order valence-electron chi connectivity index (χ4n) is 2.20. The topological polar surface area (TPSA) is 81.2 Å². The Balaban J connectivity index is 2.07. The van der Waals surface area contributed by atoms with Crippen LogP contribution >= 0.6 is 0 Å². The maximum atomic E-state index is 5.59. The maximum Gasteiger partial charge on any atom is 0.323 e. The van der Waals surface area contributed by atoms with Gasteiger partial charge in [0.15, 0.2) is 0 Å². The Morgan fingerprint density at radius 1 is 1.14 bits per heavy atom. The first kappa shape index (κ1) is 15.8. The van der Waals surface area contributed by atoms with Gasteiger partial charge in [0.2, 0.25) is 11.9 Å². The van der Waals surface area contributed by atoms with Gasteiger partial charge in [0.1, 0.15) is 0 Å². The van der Waals surface area contributed by atoms with Crippen LogP contribution in [-0.2, 0) is 4.74 Å². The average Bonchev–Trinajstić information content (AvgIpc) is 2.37. The number of ether oxygens (including phenoxy) is 2. The number of hydrogen-bond donors (Lipinski definition) is 2. The van der Waals surface area contributed by atoms with Crippen LogP contribution in [0, 0.1) is 0 Å². The smallest absolute Gasteiger partial charge is 0.323 e. The molecule has 118 valence electrons. The van der Waals surface area contributed by atoms with Crippen molar-refractivity contribution in [3.8, 4) is 6.01 Å². The van der Waals surface area contributed by atoms with Crippen molar-refractivity contribution >= 4 is 11.9 Å². The molecule has 2 N–H and O–H groups in total. The van der Waals surface area contributed by atoms with Crippen LogP contribution in [-0.4, -0.2) is 46.9 Å². The van der Waals surface area contributed by atoms with Gasteiger partial charge in [-0.25, -0.2) is 0 Å². The van der Waals surface area contributed by atoms with E-state index in [1.54, 1.807) is 7.11 Å². The van der Waals surface area contributed by atoms with E-state index in [1.165, 1.54) is 6.42 Å². The van der Waals surface area contributed by atoms with Crippen molar-refractivity contribution in [1.29, 1.82) is 0 Å². The fraction of sp³-hybridized carbons (Fsp3) is 0.786. The number of hydrogen-bond acceptors (Lipinski definition) is 7. The number of nitrogens with zero attached hydrogens (tertiary/aromatic N) is 3. The highest BCUT2D eigenvalue weighted by atomic mass is 16.5. The third-order valence-corrected chi connectivity index (χ3v) is 3.56. The average molecular weight is 295 g/mol. The molecule has 2 rings (SSSR count). The molecule has 0 spiro atoms. The molecule has 7 heteroatoms. The first-order valence-electron chi connectivity index (χ1n) is 7.52. The Morgan fingerprint density at radius 2 is 1.81 bits per heavy atom. The van der Waals surface area contributed by atoms with Gasteiger partial charge in [0.25, 0.3) is 0 Å². The second-order valence-corrected chi connectivity index (χ2v) is 5.56. The predicted octanol–water partition coefficient (Wildman–Crippen LogP) is 2.07. The first-order valence-corrected chi connectivity index (χ1v) is 7.52.